The molecule has 0 aromatic heterocycles. The van der Waals surface area contributed by atoms with Crippen LogP contribution in [0.15, 0.2) is 47.5 Å². The number of hydrogen-bond donors (Lipinski definition) is 2. The summed E-state index contributed by atoms with van der Waals surface area (Å²) in [7, 11) is 0. The van der Waals surface area contributed by atoms with Gasteiger partial charge in [-0.15, -0.1) is 0 Å². The van der Waals surface area contributed by atoms with Crippen molar-refractivity contribution in [3.63, 3.8) is 0 Å². The molecular formula is C17H15F2NO3. The summed E-state index contributed by atoms with van der Waals surface area (Å²) in [6.07, 6.45) is 0.255. The van der Waals surface area contributed by atoms with Crippen LogP contribution in [0.4, 0.5) is 8.78 Å². The first-order chi connectivity index (χ1) is 11.0. The summed E-state index contributed by atoms with van der Waals surface area (Å²) in [5.41, 5.74) is 0.960. The fraction of sp³-hybridized carbons (Fsp3) is 0.176. The van der Waals surface area contributed by atoms with Crippen molar-refractivity contribution in [2.24, 2.45) is 4.99 Å². The van der Waals surface area contributed by atoms with Gasteiger partial charge in [-0.1, -0.05) is 0 Å². The Morgan fingerprint density at radius 1 is 1.04 bits per heavy atom. The smallest absolute Gasteiger partial charge is 0.303 e. The quantitative estimate of drug-likeness (QED) is 0.633. The third kappa shape index (κ3) is 4.60. The van der Waals surface area contributed by atoms with Crippen molar-refractivity contribution in [3.8, 4) is 5.75 Å². The number of halogens is 2. The topological polar surface area (TPSA) is 69.9 Å². The summed E-state index contributed by atoms with van der Waals surface area (Å²) in [5, 5.41) is 18.6. The van der Waals surface area contributed by atoms with E-state index in [2.05, 4.69) is 4.99 Å². The van der Waals surface area contributed by atoms with Gasteiger partial charge < -0.3 is 10.2 Å². The molecule has 0 bridgehead atoms. The Balaban J connectivity index is 2.38. The number of aliphatic carboxylic acids is 1. The molecule has 6 heteroatoms. The summed E-state index contributed by atoms with van der Waals surface area (Å²) in [6.45, 7) is 0.189. The molecule has 4 nitrogen and oxygen atoms in total. The number of rotatable bonds is 6. The molecule has 0 saturated carbocycles. The van der Waals surface area contributed by atoms with E-state index in [1.807, 2.05) is 0 Å². The van der Waals surface area contributed by atoms with Gasteiger partial charge in [0, 0.05) is 24.1 Å². The minimum Gasteiger partial charge on any atom is -0.507 e. The molecule has 23 heavy (non-hydrogen) atoms. The van der Waals surface area contributed by atoms with Crippen molar-refractivity contribution in [1.29, 1.82) is 0 Å². The lowest BCUT2D eigenvalue weighted by Crippen LogP contribution is -2.06. The van der Waals surface area contributed by atoms with Crippen LogP contribution in [0.5, 0.6) is 5.75 Å². The predicted octanol–water partition coefficient (Wildman–Crippen LogP) is 3.37. The van der Waals surface area contributed by atoms with Gasteiger partial charge >= 0.3 is 5.97 Å². The molecule has 0 aliphatic carbocycles. The van der Waals surface area contributed by atoms with E-state index in [0.29, 0.717) is 12.0 Å². The Morgan fingerprint density at radius 2 is 1.70 bits per heavy atom. The second kappa shape index (κ2) is 7.49. The van der Waals surface area contributed by atoms with Crippen molar-refractivity contribution < 1.29 is 23.8 Å². The van der Waals surface area contributed by atoms with E-state index >= 15 is 0 Å². The summed E-state index contributed by atoms with van der Waals surface area (Å²) >= 11 is 0. The SMILES string of the molecule is O=C(O)CCCN=C(c1ccc(F)cc1)c1cc(F)ccc1O. The maximum absolute atomic E-state index is 13.5. The van der Waals surface area contributed by atoms with Gasteiger partial charge in [0.05, 0.1) is 5.71 Å². The maximum atomic E-state index is 13.5. The lowest BCUT2D eigenvalue weighted by molar-refractivity contribution is -0.137. The van der Waals surface area contributed by atoms with Crippen LogP contribution in [0, 0.1) is 11.6 Å². The average molecular weight is 319 g/mol. The average Bonchev–Trinajstić information content (AvgIpc) is 2.51. The highest BCUT2D eigenvalue weighted by atomic mass is 19.1. The zero-order valence-corrected chi connectivity index (χ0v) is 12.2. The van der Waals surface area contributed by atoms with Gasteiger partial charge in [-0.25, -0.2) is 8.78 Å². The van der Waals surface area contributed by atoms with Crippen LogP contribution in [-0.4, -0.2) is 28.4 Å². The molecule has 2 rings (SSSR count). The fourth-order valence-corrected chi connectivity index (χ4v) is 2.06. The highest BCUT2D eigenvalue weighted by Gasteiger charge is 2.13. The van der Waals surface area contributed by atoms with E-state index in [1.165, 1.54) is 30.3 Å². The molecule has 2 N–H and O–H groups in total. The van der Waals surface area contributed by atoms with Crippen LogP contribution in [0.2, 0.25) is 0 Å². The number of benzene rings is 2. The Hall–Kier alpha value is -2.76. The summed E-state index contributed by atoms with van der Waals surface area (Å²) in [4.78, 5) is 14.8. The summed E-state index contributed by atoms with van der Waals surface area (Å²) in [6, 6.07) is 8.86. The molecule has 120 valence electrons. The first kappa shape index (κ1) is 16.6. The minimum atomic E-state index is -0.933. The van der Waals surface area contributed by atoms with Crippen molar-refractivity contribution in [1.82, 2.24) is 0 Å². The Labute approximate surface area is 131 Å². The van der Waals surface area contributed by atoms with E-state index in [4.69, 9.17) is 5.11 Å². The molecule has 0 spiro atoms. The monoisotopic (exact) mass is 319 g/mol. The minimum absolute atomic E-state index is 0.0463. The van der Waals surface area contributed by atoms with Crippen LogP contribution in [0.3, 0.4) is 0 Å². The first-order valence-corrected chi connectivity index (χ1v) is 6.98. The van der Waals surface area contributed by atoms with E-state index in [1.54, 1.807) is 0 Å². The Kier molecular flexibility index (Phi) is 5.41. The van der Waals surface area contributed by atoms with Gasteiger partial charge in [-0.2, -0.15) is 0 Å². The van der Waals surface area contributed by atoms with Crippen LogP contribution in [0.1, 0.15) is 24.0 Å². The molecule has 0 aliphatic heterocycles. The maximum Gasteiger partial charge on any atom is 0.303 e. The van der Waals surface area contributed by atoms with E-state index in [0.717, 1.165) is 12.1 Å². The molecular weight excluding hydrogens is 304 g/mol. The van der Waals surface area contributed by atoms with Crippen LogP contribution >= 0.6 is 0 Å². The van der Waals surface area contributed by atoms with Crippen LogP contribution < -0.4 is 0 Å². The molecule has 0 aliphatic rings. The number of hydrogen-bond acceptors (Lipinski definition) is 3. The van der Waals surface area contributed by atoms with Crippen LogP contribution in [-0.2, 0) is 4.79 Å². The van der Waals surface area contributed by atoms with Crippen molar-refractivity contribution in [3.05, 3.63) is 65.2 Å². The number of nitrogens with zero attached hydrogens (tertiary/aromatic N) is 1. The third-order valence-corrected chi connectivity index (χ3v) is 3.15. The molecule has 2 aromatic rings. The Bertz CT molecular complexity index is 727. The summed E-state index contributed by atoms with van der Waals surface area (Å²) < 4.78 is 26.6. The molecule has 0 fully saturated rings. The molecule has 0 heterocycles. The number of phenols is 1. The van der Waals surface area contributed by atoms with Gasteiger partial charge in [-0.05, 0) is 48.9 Å². The van der Waals surface area contributed by atoms with Crippen LogP contribution in [0.25, 0.3) is 0 Å². The number of aliphatic imine (C=N–C) groups is 1. The van der Waals surface area contributed by atoms with Gasteiger partial charge in [-0.3, -0.25) is 9.79 Å². The highest BCUT2D eigenvalue weighted by Crippen LogP contribution is 2.22. The second-order valence-electron chi connectivity index (χ2n) is 4.90. The number of carboxylic acids is 1. The van der Waals surface area contributed by atoms with Gasteiger partial charge in [0.25, 0.3) is 0 Å². The molecule has 0 unspecified atom stereocenters. The lowest BCUT2D eigenvalue weighted by Gasteiger charge is -2.10. The van der Waals surface area contributed by atoms with Gasteiger partial charge in [0.15, 0.2) is 0 Å². The van der Waals surface area contributed by atoms with Crippen molar-refractivity contribution in [2.75, 3.05) is 6.54 Å². The second-order valence-corrected chi connectivity index (χ2v) is 4.90. The normalized spacial score (nSPS) is 11.5. The van der Waals surface area contributed by atoms with Crippen molar-refractivity contribution >= 4 is 11.7 Å². The number of phenolic OH excluding ortho intramolecular Hbond substituents is 1. The fourth-order valence-electron chi connectivity index (χ4n) is 2.06. The number of aromatic hydroxyl groups is 1. The highest BCUT2D eigenvalue weighted by molar-refractivity contribution is 6.14. The molecule has 0 amide bonds. The Morgan fingerprint density at radius 3 is 2.35 bits per heavy atom. The largest absolute Gasteiger partial charge is 0.507 e. The number of carboxylic acid groups (broad SMARTS) is 1. The first-order valence-electron chi connectivity index (χ1n) is 6.98. The standard InChI is InChI=1S/C17H15F2NO3/c18-12-5-3-11(4-6-12)17(20-9-1-2-16(22)23)14-10-13(19)7-8-15(14)21/h3-8,10,21H,1-2,9H2,(H,22,23). The predicted molar refractivity (Wildman–Crippen MR) is 81.8 cm³/mol. The molecule has 0 atom stereocenters. The van der Waals surface area contributed by atoms with E-state index < -0.39 is 17.6 Å². The molecule has 0 radical (unpaired) electrons. The van der Waals surface area contributed by atoms with E-state index in [-0.39, 0.29) is 30.0 Å². The summed E-state index contributed by atoms with van der Waals surface area (Å²) in [5.74, 6) is -2.06. The molecule has 0 saturated heterocycles. The van der Waals surface area contributed by atoms with Crippen molar-refractivity contribution in [2.45, 2.75) is 12.8 Å². The number of carbonyl (C=O) groups is 1. The van der Waals surface area contributed by atoms with Gasteiger partial charge in [0.1, 0.15) is 17.4 Å². The van der Waals surface area contributed by atoms with E-state index in [9.17, 15) is 18.7 Å². The molecule has 2 aromatic carbocycles. The zero-order valence-electron chi connectivity index (χ0n) is 12.2. The lowest BCUT2D eigenvalue weighted by atomic mass is 10.0. The third-order valence-electron chi connectivity index (χ3n) is 3.15. The van der Waals surface area contributed by atoms with Gasteiger partial charge in [0.2, 0.25) is 0 Å². The zero-order chi connectivity index (χ0) is 16.8.